The van der Waals surface area contributed by atoms with Crippen LogP contribution in [0.4, 0.5) is 0 Å². The SMILES string of the molecule is NC(=O)C1C(NC2CCC(C3CSC4C(=O)C=C(N5CCOCC5)OC43)C3CNNC23)NC(N[C@H]2CCCC[C@H]2N)N2NCNC12. The number of thioether (sulfide) groups is 1. The molecule has 6 heterocycles. The van der Waals surface area contributed by atoms with E-state index in [1.807, 2.05) is 0 Å². The topological polar surface area (TPSA) is 195 Å². The normalized spacial score (nSPS) is 46.3. The predicted octanol–water partition coefficient (Wildman–Crippen LogP) is -2.81. The average Bonchev–Trinajstić information content (AvgIpc) is 3.83. The van der Waals surface area contributed by atoms with Crippen LogP contribution in [0.25, 0.3) is 0 Å². The minimum absolute atomic E-state index is 0.104. The third kappa shape index (κ3) is 5.87. The third-order valence-corrected chi connectivity index (χ3v) is 13.3. The Morgan fingerprint density at radius 3 is 2.72 bits per heavy atom. The summed E-state index contributed by atoms with van der Waals surface area (Å²) >= 11 is 1.76. The lowest BCUT2D eigenvalue weighted by Gasteiger charge is -2.50. The number of rotatable bonds is 7. The molecular weight excluding hydrogens is 610 g/mol. The molecule has 46 heavy (non-hydrogen) atoms. The van der Waals surface area contributed by atoms with Gasteiger partial charge in [0.15, 0.2) is 11.7 Å². The second-order valence-electron chi connectivity index (χ2n) is 14.3. The van der Waals surface area contributed by atoms with Gasteiger partial charge in [0.2, 0.25) is 5.91 Å². The number of nitrogens with zero attached hydrogens (tertiary/aromatic N) is 2. The van der Waals surface area contributed by atoms with Gasteiger partial charge in [-0.1, -0.05) is 12.8 Å². The molecular formula is C30H51N11O4S. The molecule has 256 valence electrons. The quantitative estimate of drug-likeness (QED) is 0.136. The second kappa shape index (κ2) is 13.4. The van der Waals surface area contributed by atoms with E-state index in [0.717, 1.165) is 63.4 Å². The summed E-state index contributed by atoms with van der Waals surface area (Å²) < 4.78 is 12.2. The number of nitrogens with one attached hydrogen (secondary N) is 7. The first-order chi connectivity index (χ1) is 22.5. The minimum atomic E-state index is -0.488. The Bertz CT molecular complexity index is 1180. The van der Waals surface area contributed by atoms with Gasteiger partial charge in [-0.3, -0.25) is 41.7 Å². The highest BCUT2D eigenvalue weighted by Crippen LogP contribution is 2.48. The highest BCUT2D eigenvalue weighted by molar-refractivity contribution is 8.01. The van der Waals surface area contributed by atoms with Crippen molar-refractivity contribution in [2.24, 2.45) is 35.1 Å². The van der Waals surface area contributed by atoms with Crippen LogP contribution in [0.3, 0.4) is 0 Å². The lowest BCUT2D eigenvalue weighted by atomic mass is 9.67. The summed E-state index contributed by atoms with van der Waals surface area (Å²) in [4.78, 5) is 28.4. The zero-order valence-electron chi connectivity index (χ0n) is 26.4. The molecule has 2 aliphatic carbocycles. The maximum Gasteiger partial charge on any atom is 0.226 e. The van der Waals surface area contributed by atoms with Gasteiger partial charge in [0.05, 0.1) is 38.1 Å². The van der Waals surface area contributed by atoms with Crippen molar-refractivity contribution in [1.82, 2.24) is 47.5 Å². The van der Waals surface area contributed by atoms with Crippen molar-refractivity contribution >= 4 is 23.5 Å². The summed E-state index contributed by atoms with van der Waals surface area (Å²) in [6.45, 7) is 4.23. The van der Waals surface area contributed by atoms with E-state index in [1.165, 1.54) is 6.42 Å². The summed E-state index contributed by atoms with van der Waals surface area (Å²) in [5.74, 6) is 2.07. The number of amides is 1. The maximum atomic E-state index is 13.3. The van der Waals surface area contributed by atoms with Gasteiger partial charge in [-0.05, 0) is 37.5 Å². The lowest BCUT2D eigenvalue weighted by molar-refractivity contribution is -0.132. The van der Waals surface area contributed by atoms with Gasteiger partial charge in [-0.15, -0.1) is 11.8 Å². The molecule has 0 radical (unpaired) electrons. The maximum absolute atomic E-state index is 13.3. The molecule has 6 aliphatic heterocycles. The number of hydrogen-bond donors (Lipinski definition) is 9. The minimum Gasteiger partial charge on any atom is -0.474 e. The van der Waals surface area contributed by atoms with Gasteiger partial charge >= 0.3 is 0 Å². The number of primary amides is 1. The summed E-state index contributed by atoms with van der Waals surface area (Å²) in [5, 5.41) is 16.7. The van der Waals surface area contributed by atoms with E-state index in [1.54, 1.807) is 17.8 Å². The number of hydrazine groups is 2. The second-order valence-corrected chi connectivity index (χ2v) is 15.5. The van der Waals surface area contributed by atoms with E-state index in [-0.39, 0.29) is 65.8 Å². The van der Waals surface area contributed by atoms with Crippen molar-refractivity contribution in [1.29, 1.82) is 0 Å². The van der Waals surface area contributed by atoms with Gasteiger partial charge < -0.3 is 25.8 Å². The van der Waals surface area contributed by atoms with Crippen LogP contribution in [-0.2, 0) is 19.1 Å². The largest absolute Gasteiger partial charge is 0.474 e. The summed E-state index contributed by atoms with van der Waals surface area (Å²) in [6.07, 6.45) is 7.14. The number of carbonyl (C=O) groups excluding carboxylic acids is 2. The van der Waals surface area contributed by atoms with Crippen molar-refractivity contribution in [2.75, 3.05) is 45.3 Å². The Hall–Kier alpha value is -1.57. The van der Waals surface area contributed by atoms with E-state index in [4.69, 9.17) is 20.9 Å². The van der Waals surface area contributed by atoms with Crippen LogP contribution in [0, 0.1) is 23.7 Å². The molecule has 11 N–H and O–H groups in total. The van der Waals surface area contributed by atoms with E-state index in [0.29, 0.717) is 37.6 Å². The fourth-order valence-electron chi connectivity index (χ4n) is 9.47. The summed E-state index contributed by atoms with van der Waals surface area (Å²) in [5.41, 5.74) is 23.0. The standard InChI is InChI=1S/C30H51N11O4S/c31-18-3-1-2-4-19(18)37-30-38-28(23(27(32)43)29-33-14-35-41(29)30)36-20-6-5-15(16-12-34-39-24(16)20)17-13-46-26-21(42)11-22(45-25(17)26)40-7-9-44-10-8-40/h11,15-20,23-26,28-30,33-39H,1-10,12-14,31H2,(H2,32,43)/t15?,16?,17?,18-,19+,20?,23?,24?,25?,26?,28?,29?,30?/m1/s1. The molecule has 0 aromatic heterocycles. The molecule has 2 saturated carbocycles. The summed E-state index contributed by atoms with van der Waals surface area (Å²) in [7, 11) is 0. The van der Waals surface area contributed by atoms with E-state index in [2.05, 4.69) is 47.5 Å². The molecule has 0 bridgehead atoms. The number of nitrogens with two attached hydrogens (primary N) is 2. The molecule has 0 aromatic rings. The molecule has 5 saturated heterocycles. The van der Waals surface area contributed by atoms with Gasteiger partial charge in [0, 0.05) is 61.5 Å². The van der Waals surface area contributed by atoms with E-state index >= 15 is 0 Å². The molecule has 8 aliphatic rings. The summed E-state index contributed by atoms with van der Waals surface area (Å²) in [6, 6.07) is 0.585. The molecule has 0 spiro atoms. The van der Waals surface area contributed by atoms with Crippen molar-refractivity contribution in [3.63, 3.8) is 0 Å². The van der Waals surface area contributed by atoms with Crippen molar-refractivity contribution in [3.8, 4) is 0 Å². The average molecular weight is 662 g/mol. The fraction of sp³-hybridized carbons (Fsp3) is 0.867. The first-order valence-electron chi connectivity index (χ1n) is 17.4. The van der Waals surface area contributed by atoms with Crippen LogP contribution in [0.1, 0.15) is 38.5 Å². The van der Waals surface area contributed by atoms with Crippen LogP contribution in [0.15, 0.2) is 12.0 Å². The van der Waals surface area contributed by atoms with E-state index < -0.39 is 5.92 Å². The number of fused-ring (bicyclic) bond motifs is 3. The van der Waals surface area contributed by atoms with Crippen molar-refractivity contribution in [3.05, 3.63) is 12.0 Å². The smallest absolute Gasteiger partial charge is 0.226 e. The van der Waals surface area contributed by atoms with Gasteiger partial charge in [0.1, 0.15) is 17.6 Å². The Balaban J connectivity index is 0.969. The van der Waals surface area contributed by atoms with Crippen molar-refractivity contribution < 1.29 is 19.1 Å². The van der Waals surface area contributed by atoms with Gasteiger partial charge in [-0.25, -0.2) is 5.43 Å². The molecule has 1 amide bonds. The van der Waals surface area contributed by atoms with Crippen LogP contribution in [0.2, 0.25) is 0 Å². The number of morpholine rings is 1. The first kappa shape index (κ1) is 31.7. The van der Waals surface area contributed by atoms with Crippen LogP contribution in [-0.4, -0.2) is 121 Å². The number of hydrogen-bond acceptors (Lipinski definition) is 15. The Morgan fingerprint density at radius 2 is 1.89 bits per heavy atom. The zero-order chi connectivity index (χ0) is 31.4. The number of ketones is 1. The Labute approximate surface area is 274 Å². The van der Waals surface area contributed by atoms with Gasteiger partial charge in [0.25, 0.3) is 0 Å². The number of carbonyl (C=O) groups is 2. The molecule has 8 rings (SSSR count). The fourth-order valence-corrected chi connectivity index (χ4v) is 11.0. The highest BCUT2D eigenvalue weighted by atomic mass is 32.2. The number of ether oxygens (including phenoxy) is 2. The Morgan fingerprint density at radius 1 is 1.04 bits per heavy atom. The van der Waals surface area contributed by atoms with E-state index in [9.17, 15) is 9.59 Å². The number of allylic oxidation sites excluding steroid dienone is 1. The van der Waals surface area contributed by atoms with Crippen molar-refractivity contribution in [2.45, 2.75) is 92.7 Å². The molecule has 16 heteroatoms. The lowest BCUT2D eigenvalue weighted by Crippen LogP contribution is -2.78. The monoisotopic (exact) mass is 661 g/mol. The Kier molecular flexibility index (Phi) is 9.22. The zero-order valence-corrected chi connectivity index (χ0v) is 27.2. The third-order valence-electron chi connectivity index (χ3n) is 11.8. The predicted molar refractivity (Wildman–Crippen MR) is 172 cm³/mol. The molecule has 15 nitrogen and oxygen atoms in total. The molecule has 11 unspecified atom stereocenters. The first-order valence-corrected chi connectivity index (χ1v) is 18.4. The molecule has 0 aromatic carbocycles. The van der Waals surface area contributed by atoms with Gasteiger partial charge in [-0.2, -0.15) is 5.01 Å². The molecule has 13 atom stereocenters. The van der Waals surface area contributed by atoms with Crippen LogP contribution >= 0.6 is 11.8 Å². The van der Waals surface area contributed by atoms with Crippen LogP contribution in [0.5, 0.6) is 0 Å². The van der Waals surface area contributed by atoms with Crippen LogP contribution < -0.4 is 49.0 Å². The molecule has 7 fully saturated rings. The highest BCUT2D eigenvalue weighted by Gasteiger charge is 2.55.